The number of anilines is 2. The Morgan fingerprint density at radius 3 is 2.61 bits per heavy atom. The molecule has 1 saturated carbocycles. The Kier molecular flexibility index (Phi) is 6.87. The molecule has 31 heavy (non-hydrogen) atoms. The first kappa shape index (κ1) is 21.4. The summed E-state index contributed by atoms with van der Waals surface area (Å²) in [4.78, 5) is 28.0. The van der Waals surface area contributed by atoms with E-state index in [9.17, 15) is 9.59 Å². The second-order valence-corrected chi connectivity index (χ2v) is 8.38. The van der Waals surface area contributed by atoms with Crippen LogP contribution in [0, 0.1) is 5.92 Å². The Labute approximate surface area is 184 Å². The van der Waals surface area contributed by atoms with Gasteiger partial charge in [0.25, 0.3) is 5.91 Å². The molecule has 2 atom stereocenters. The highest BCUT2D eigenvalue weighted by molar-refractivity contribution is 6.02. The fourth-order valence-electron chi connectivity index (χ4n) is 4.33. The Morgan fingerprint density at radius 2 is 1.87 bits per heavy atom. The Hall–Kier alpha value is -2.86. The van der Waals surface area contributed by atoms with Crippen molar-refractivity contribution >= 4 is 23.2 Å². The molecule has 2 amide bonds. The van der Waals surface area contributed by atoms with Crippen LogP contribution in [0.2, 0.25) is 0 Å². The van der Waals surface area contributed by atoms with Crippen molar-refractivity contribution in [2.24, 2.45) is 5.92 Å². The molecule has 6 heteroatoms. The van der Waals surface area contributed by atoms with Crippen molar-refractivity contribution < 1.29 is 14.3 Å². The molecule has 164 valence electrons. The first-order valence-electron chi connectivity index (χ1n) is 11.2. The van der Waals surface area contributed by atoms with Gasteiger partial charge in [-0.15, -0.1) is 0 Å². The number of carbonyl (C=O) groups excluding carboxylic acids is 2. The lowest BCUT2D eigenvalue weighted by atomic mass is 10.1. The van der Waals surface area contributed by atoms with Gasteiger partial charge in [-0.2, -0.15) is 0 Å². The molecule has 2 aromatic rings. The van der Waals surface area contributed by atoms with Crippen molar-refractivity contribution in [3.05, 3.63) is 59.7 Å². The molecule has 2 aromatic carbocycles. The summed E-state index contributed by atoms with van der Waals surface area (Å²) in [5.74, 6) is 0.192. The molecular formula is C25H31N3O3. The standard InChI is InChI=1S/C25H31N3O3/c1-31-15-7-12-26-24(29)22-16-19(10-11-23(22)28-13-5-6-14-28)27-25(30)21-17-20(21)18-8-3-2-4-9-18/h2-4,8-11,16,20-21H,5-7,12-15,17H2,1H3,(H,26,29)(H,27,30). The number of nitrogens with zero attached hydrogens (tertiary/aromatic N) is 1. The molecule has 6 nitrogen and oxygen atoms in total. The largest absolute Gasteiger partial charge is 0.385 e. The topological polar surface area (TPSA) is 70.7 Å². The molecule has 2 fully saturated rings. The smallest absolute Gasteiger partial charge is 0.253 e. The van der Waals surface area contributed by atoms with E-state index in [0.29, 0.717) is 24.4 Å². The van der Waals surface area contributed by atoms with Gasteiger partial charge >= 0.3 is 0 Å². The molecule has 0 radical (unpaired) electrons. The number of rotatable bonds is 9. The lowest BCUT2D eigenvalue weighted by Gasteiger charge is -2.22. The first-order chi connectivity index (χ1) is 15.2. The average Bonchev–Trinajstić information content (AvgIpc) is 3.43. The van der Waals surface area contributed by atoms with E-state index >= 15 is 0 Å². The van der Waals surface area contributed by atoms with Crippen LogP contribution in [0.4, 0.5) is 11.4 Å². The minimum absolute atomic E-state index is 0.00743. The number of carbonyl (C=O) groups is 2. The molecule has 1 saturated heterocycles. The molecule has 0 bridgehead atoms. The van der Waals surface area contributed by atoms with Gasteiger partial charge < -0.3 is 20.3 Å². The predicted octanol–water partition coefficient (Wildman–Crippen LogP) is 3.80. The molecule has 2 N–H and O–H groups in total. The molecular weight excluding hydrogens is 390 g/mol. The molecule has 1 aliphatic heterocycles. The Bertz CT molecular complexity index is 909. The van der Waals surface area contributed by atoms with Gasteiger partial charge in [-0.1, -0.05) is 30.3 Å². The van der Waals surface area contributed by atoms with Crippen LogP contribution in [-0.4, -0.2) is 45.2 Å². The van der Waals surface area contributed by atoms with Crippen LogP contribution in [0.5, 0.6) is 0 Å². The van der Waals surface area contributed by atoms with Gasteiger partial charge in [-0.25, -0.2) is 0 Å². The third-order valence-corrected chi connectivity index (χ3v) is 6.12. The monoisotopic (exact) mass is 421 g/mol. The molecule has 2 unspecified atom stereocenters. The number of nitrogens with one attached hydrogen (secondary N) is 2. The van der Waals surface area contributed by atoms with Crippen molar-refractivity contribution in [2.45, 2.75) is 31.6 Å². The van der Waals surface area contributed by atoms with E-state index < -0.39 is 0 Å². The fourth-order valence-corrected chi connectivity index (χ4v) is 4.33. The van der Waals surface area contributed by atoms with Crippen LogP contribution in [0.15, 0.2) is 48.5 Å². The highest BCUT2D eigenvalue weighted by atomic mass is 16.5. The maximum absolute atomic E-state index is 12.9. The van der Waals surface area contributed by atoms with E-state index in [1.807, 2.05) is 36.4 Å². The normalized spacial score (nSPS) is 19.8. The number of amides is 2. The van der Waals surface area contributed by atoms with Crippen LogP contribution in [0.1, 0.15) is 47.5 Å². The van der Waals surface area contributed by atoms with Crippen LogP contribution in [-0.2, 0) is 9.53 Å². The van der Waals surface area contributed by atoms with Crippen molar-refractivity contribution in [3.63, 3.8) is 0 Å². The summed E-state index contributed by atoms with van der Waals surface area (Å²) < 4.78 is 5.06. The zero-order valence-corrected chi connectivity index (χ0v) is 18.1. The number of benzene rings is 2. The van der Waals surface area contributed by atoms with Gasteiger partial charge in [0, 0.05) is 50.6 Å². The molecule has 4 rings (SSSR count). The molecule has 0 aromatic heterocycles. The highest BCUT2D eigenvalue weighted by Crippen LogP contribution is 2.48. The van der Waals surface area contributed by atoms with Crippen LogP contribution in [0.25, 0.3) is 0 Å². The summed E-state index contributed by atoms with van der Waals surface area (Å²) in [6.07, 6.45) is 3.90. The lowest BCUT2D eigenvalue weighted by molar-refractivity contribution is -0.117. The second kappa shape index (κ2) is 9.96. The Balaban J connectivity index is 1.45. The second-order valence-electron chi connectivity index (χ2n) is 8.38. The minimum Gasteiger partial charge on any atom is -0.385 e. The fraction of sp³-hybridized carbons (Fsp3) is 0.440. The zero-order valence-electron chi connectivity index (χ0n) is 18.1. The van der Waals surface area contributed by atoms with E-state index in [2.05, 4.69) is 27.7 Å². The summed E-state index contributed by atoms with van der Waals surface area (Å²) in [5.41, 5.74) is 3.44. The van der Waals surface area contributed by atoms with Gasteiger partial charge in [-0.05, 0) is 55.4 Å². The van der Waals surface area contributed by atoms with Crippen molar-refractivity contribution in [1.82, 2.24) is 5.32 Å². The predicted molar refractivity (Wildman–Crippen MR) is 123 cm³/mol. The van der Waals surface area contributed by atoms with E-state index in [4.69, 9.17) is 4.74 Å². The first-order valence-corrected chi connectivity index (χ1v) is 11.2. The van der Waals surface area contributed by atoms with Crippen LogP contribution >= 0.6 is 0 Å². The maximum atomic E-state index is 12.9. The van der Waals surface area contributed by atoms with Gasteiger partial charge in [0.2, 0.25) is 5.91 Å². The number of hydrogen-bond donors (Lipinski definition) is 2. The van der Waals surface area contributed by atoms with Crippen molar-refractivity contribution in [2.75, 3.05) is 43.6 Å². The summed E-state index contributed by atoms with van der Waals surface area (Å²) in [7, 11) is 1.65. The van der Waals surface area contributed by atoms with E-state index in [0.717, 1.165) is 44.5 Å². The van der Waals surface area contributed by atoms with Crippen molar-refractivity contribution in [1.29, 1.82) is 0 Å². The number of hydrogen-bond acceptors (Lipinski definition) is 4. The Morgan fingerprint density at radius 1 is 1.10 bits per heavy atom. The SMILES string of the molecule is COCCCNC(=O)c1cc(NC(=O)C2CC2c2ccccc2)ccc1N1CCCC1. The lowest BCUT2D eigenvalue weighted by Crippen LogP contribution is -2.29. The summed E-state index contributed by atoms with van der Waals surface area (Å²) in [5, 5.41) is 6.02. The van der Waals surface area contributed by atoms with Crippen LogP contribution < -0.4 is 15.5 Å². The van der Waals surface area contributed by atoms with Crippen LogP contribution in [0.3, 0.4) is 0 Å². The van der Waals surface area contributed by atoms with E-state index in [-0.39, 0.29) is 23.7 Å². The summed E-state index contributed by atoms with van der Waals surface area (Å²) in [6.45, 7) is 3.08. The minimum atomic E-state index is -0.109. The molecule has 1 heterocycles. The van der Waals surface area contributed by atoms with Gasteiger partial charge in [0.15, 0.2) is 0 Å². The number of ether oxygens (including phenoxy) is 1. The average molecular weight is 422 g/mol. The third-order valence-electron chi connectivity index (χ3n) is 6.12. The van der Waals surface area contributed by atoms with E-state index in [1.165, 1.54) is 5.56 Å². The quantitative estimate of drug-likeness (QED) is 0.605. The summed E-state index contributed by atoms with van der Waals surface area (Å²) in [6, 6.07) is 15.9. The third kappa shape index (κ3) is 5.25. The molecule has 1 aliphatic carbocycles. The highest BCUT2D eigenvalue weighted by Gasteiger charge is 2.43. The molecule has 2 aliphatic rings. The van der Waals surface area contributed by atoms with E-state index in [1.54, 1.807) is 7.11 Å². The summed E-state index contributed by atoms with van der Waals surface area (Å²) >= 11 is 0. The van der Waals surface area contributed by atoms with Crippen molar-refractivity contribution in [3.8, 4) is 0 Å². The van der Waals surface area contributed by atoms with Gasteiger partial charge in [0.1, 0.15) is 0 Å². The molecule has 0 spiro atoms. The van der Waals surface area contributed by atoms with Gasteiger partial charge in [0.05, 0.1) is 5.56 Å². The van der Waals surface area contributed by atoms with Gasteiger partial charge in [-0.3, -0.25) is 9.59 Å². The number of methoxy groups -OCH3 is 1. The zero-order chi connectivity index (χ0) is 21.6. The maximum Gasteiger partial charge on any atom is 0.253 e.